The molecule has 2 rings (SSSR count). The maximum absolute atomic E-state index is 10.7. The highest BCUT2D eigenvalue weighted by molar-refractivity contribution is 5.80. The number of rotatable bonds is 6. The van der Waals surface area contributed by atoms with Crippen LogP contribution in [0, 0.1) is 10.1 Å². The van der Waals surface area contributed by atoms with Crippen LogP contribution in [0.4, 0.5) is 11.6 Å². The van der Waals surface area contributed by atoms with E-state index >= 15 is 0 Å². The van der Waals surface area contributed by atoms with Crippen molar-refractivity contribution < 1.29 is 14.8 Å². The van der Waals surface area contributed by atoms with Gasteiger partial charge in [0, 0.05) is 24.1 Å². The van der Waals surface area contributed by atoms with Crippen molar-refractivity contribution in [2.45, 2.75) is 32.2 Å². The minimum atomic E-state index is -0.856. The van der Waals surface area contributed by atoms with Gasteiger partial charge in [-0.1, -0.05) is 0 Å². The predicted molar refractivity (Wildman–Crippen MR) is 77.3 cm³/mol. The van der Waals surface area contributed by atoms with Crippen molar-refractivity contribution in [2.24, 2.45) is 0 Å². The van der Waals surface area contributed by atoms with Gasteiger partial charge < -0.3 is 15.4 Å². The third kappa shape index (κ3) is 3.68. The Hall–Kier alpha value is -2.64. The first-order valence-electron chi connectivity index (χ1n) is 6.41. The lowest BCUT2D eigenvalue weighted by atomic mass is 9.99. The molecule has 0 saturated carbocycles. The van der Waals surface area contributed by atoms with Gasteiger partial charge in [0.1, 0.15) is 0 Å². The van der Waals surface area contributed by atoms with Crippen LogP contribution < -0.4 is 5.32 Å². The number of carboxylic acid groups (broad SMARTS) is 1. The quantitative estimate of drug-likeness (QED) is 0.555. The van der Waals surface area contributed by atoms with Gasteiger partial charge >= 0.3 is 5.97 Å². The number of aromatic nitrogens is 2. The van der Waals surface area contributed by atoms with Gasteiger partial charge in [-0.05, 0) is 26.3 Å². The largest absolute Gasteiger partial charge is 0.481 e. The van der Waals surface area contributed by atoms with E-state index in [1.165, 1.54) is 12.1 Å². The maximum Gasteiger partial charge on any atom is 0.303 e. The van der Waals surface area contributed by atoms with Crippen LogP contribution >= 0.6 is 0 Å². The molecule has 2 aromatic rings. The van der Waals surface area contributed by atoms with Crippen LogP contribution in [0.5, 0.6) is 0 Å². The zero-order valence-electron chi connectivity index (χ0n) is 11.7. The molecule has 0 spiro atoms. The van der Waals surface area contributed by atoms with Crippen molar-refractivity contribution in [3.63, 3.8) is 0 Å². The molecule has 0 aliphatic heterocycles. The first kappa shape index (κ1) is 14.8. The molecule has 0 unspecified atom stereocenters. The fraction of sp³-hybridized carbons (Fsp3) is 0.385. The van der Waals surface area contributed by atoms with Crippen molar-refractivity contribution in [1.82, 2.24) is 9.97 Å². The number of benzene rings is 1. The van der Waals surface area contributed by atoms with Crippen LogP contribution in [0.15, 0.2) is 18.2 Å². The summed E-state index contributed by atoms with van der Waals surface area (Å²) in [6.07, 6.45) is 0.477. The summed E-state index contributed by atoms with van der Waals surface area (Å²) in [7, 11) is 0. The number of fused-ring (bicyclic) bond motifs is 1. The Morgan fingerprint density at radius 1 is 1.52 bits per heavy atom. The number of hydrogen-bond donors (Lipinski definition) is 3. The summed E-state index contributed by atoms with van der Waals surface area (Å²) in [6, 6.07) is 4.37. The lowest BCUT2D eigenvalue weighted by Crippen LogP contribution is -2.32. The number of carbonyl (C=O) groups is 1. The van der Waals surface area contributed by atoms with Gasteiger partial charge in [0.2, 0.25) is 5.95 Å². The number of hydrogen-bond acceptors (Lipinski definition) is 5. The number of aliphatic carboxylic acids is 1. The lowest BCUT2D eigenvalue weighted by molar-refractivity contribution is -0.384. The van der Waals surface area contributed by atoms with Crippen LogP contribution in [0.25, 0.3) is 11.0 Å². The van der Waals surface area contributed by atoms with E-state index in [0.717, 1.165) is 0 Å². The first-order valence-corrected chi connectivity index (χ1v) is 6.41. The molecule has 1 aromatic heterocycles. The van der Waals surface area contributed by atoms with E-state index in [2.05, 4.69) is 15.3 Å². The van der Waals surface area contributed by atoms with E-state index in [9.17, 15) is 14.9 Å². The Bertz CT molecular complexity index is 693. The molecule has 0 fully saturated rings. The van der Waals surface area contributed by atoms with Crippen LogP contribution in [0.3, 0.4) is 0 Å². The molecule has 112 valence electrons. The zero-order chi connectivity index (χ0) is 15.6. The summed E-state index contributed by atoms with van der Waals surface area (Å²) in [5, 5.41) is 22.6. The molecule has 0 saturated heterocycles. The molecule has 1 aromatic carbocycles. The van der Waals surface area contributed by atoms with E-state index in [1.807, 2.05) is 13.8 Å². The van der Waals surface area contributed by atoms with Crippen LogP contribution in [0.1, 0.15) is 26.7 Å². The van der Waals surface area contributed by atoms with E-state index in [4.69, 9.17) is 5.11 Å². The van der Waals surface area contributed by atoms with Crippen molar-refractivity contribution in [1.29, 1.82) is 0 Å². The van der Waals surface area contributed by atoms with Crippen molar-refractivity contribution in [3.05, 3.63) is 28.3 Å². The highest BCUT2D eigenvalue weighted by atomic mass is 16.6. The Balaban J connectivity index is 2.19. The third-order valence-electron chi connectivity index (χ3n) is 3.10. The first-order chi connectivity index (χ1) is 9.77. The molecule has 1 heterocycles. The van der Waals surface area contributed by atoms with E-state index < -0.39 is 16.4 Å². The molecule has 8 heteroatoms. The standard InChI is InChI=1S/C13H16N4O4/c1-13(2,6-5-11(18)19)16-12-14-9-4-3-8(17(20)21)7-10(9)15-12/h3-4,7H,5-6H2,1-2H3,(H,18,19)(H2,14,15,16). The Morgan fingerprint density at radius 2 is 2.24 bits per heavy atom. The SMILES string of the molecule is CC(C)(CCC(=O)O)Nc1nc2ccc([N+](=O)[O-])cc2[nH]1. The topological polar surface area (TPSA) is 121 Å². The van der Waals surface area contributed by atoms with Gasteiger partial charge in [-0.15, -0.1) is 0 Å². The number of H-pyrrole nitrogens is 1. The number of non-ortho nitro benzene ring substituents is 1. The summed E-state index contributed by atoms with van der Waals surface area (Å²) in [5.74, 6) is -0.397. The summed E-state index contributed by atoms with van der Waals surface area (Å²) in [5.41, 5.74) is 0.693. The van der Waals surface area contributed by atoms with Crippen LogP contribution in [-0.2, 0) is 4.79 Å². The molecule has 21 heavy (non-hydrogen) atoms. The van der Waals surface area contributed by atoms with Crippen LogP contribution in [-0.4, -0.2) is 31.5 Å². The summed E-state index contributed by atoms with van der Waals surface area (Å²) < 4.78 is 0. The van der Waals surface area contributed by atoms with Gasteiger partial charge in [-0.3, -0.25) is 14.9 Å². The predicted octanol–water partition coefficient (Wildman–Crippen LogP) is 2.53. The minimum absolute atomic E-state index is 0.0113. The second-order valence-electron chi connectivity index (χ2n) is 5.45. The molecule has 0 aliphatic rings. The van der Waals surface area contributed by atoms with Gasteiger partial charge in [0.25, 0.3) is 5.69 Å². The Kier molecular flexibility index (Phi) is 3.79. The molecule has 3 N–H and O–H groups in total. The monoisotopic (exact) mass is 292 g/mol. The zero-order valence-corrected chi connectivity index (χ0v) is 11.7. The number of imidazole rings is 1. The normalized spacial score (nSPS) is 11.5. The maximum atomic E-state index is 10.7. The van der Waals surface area contributed by atoms with Gasteiger partial charge in [-0.25, -0.2) is 4.98 Å². The summed E-state index contributed by atoms with van der Waals surface area (Å²) in [6.45, 7) is 3.73. The molecule has 0 atom stereocenters. The smallest absolute Gasteiger partial charge is 0.303 e. The van der Waals surface area contributed by atoms with Crippen molar-refractivity contribution >= 4 is 28.6 Å². The van der Waals surface area contributed by atoms with Gasteiger partial charge in [-0.2, -0.15) is 0 Å². The molecular weight excluding hydrogens is 276 g/mol. The molecule has 8 nitrogen and oxygen atoms in total. The van der Waals surface area contributed by atoms with E-state index in [-0.39, 0.29) is 12.1 Å². The number of anilines is 1. The van der Waals surface area contributed by atoms with Gasteiger partial charge in [0.15, 0.2) is 0 Å². The van der Waals surface area contributed by atoms with E-state index in [0.29, 0.717) is 23.4 Å². The number of nitro groups is 1. The number of nitrogens with one attached hydrogen (secondary N) is 2. The number of aromatic amines is 1. The molecule has 0 aliphatic carbocycles. The van der Waals surface area contributed by atoms with Crippen molar-refractivity contribution in [2.75, 3.05) is 5.32 Å². The second-order valence-corrected chi connectivity index (χ2v) is 5.45. The third-order valence-corrected chi connectivity index (χ3v) is 3.10. The fourth-order valence-corrected chi connectivity index (χ4v) is 1.97. The number of carboxylic acids is 1. The van der Waals surface area contributed by atoms with E-state index in [1.54, 1.807) is 6.07 Å². The molecule has 0 amide bonds. The Labute approximate surface area is 120 Å². The Morgan fingerprint density at radius 3 is 2.86 bits per heavy atom. The highest BCUT2D eigenvalue weighted by Crippen LogP contribution is 2.23. The second kappa shape index (κ2) is 5.39. The molecular formula is C13H16N4O4. The van der Waals surface area contributed by atoms with Crippen molar-refractivity contribution in [3.8, 4) is 0 Å². The minimum Gasteiger partial charge on any atom is -0.481 e. The summed E-state index contributed by atoms with van der Waals surface area (Å²) in [4.78, 5) is 28.1. The average Bonchev–Trinajstić information content (AvgIpc) is 2.76. The molecule has 0 bridgehead atoms. The molecule has 0 radical (unpaired) electrons. The lowest BCUT2D eigenvalue weighted by Gasteiger charge is -2.25. The average molecular weight is 292 g/mol. The highest BCUT2D eigenvalue weighted by Gasteiger charge is 2.20. The van der Waals surface area contributed by atoms with Gasteiger partial charge in [0.05, 0.1) is 16.0 Å². The number of nitrogens with zero attached hydrogens (tertiary/aromatic N) is 2. The van der Waals surface area contributed by atoms with Crippen LogP contribution in [0.2, 0.25) is 0 Å². The number of nitro benzene ring substituents is 1. The fourth-order valence-electron chi connectivity index (χ4n) is 1.97. The summed E-state index contributed by atoms with van der Waals surface area (Å²) >= 11 is 0.